The van der Waals surface area contributed by atoms with Gasteiger partial charge in [0.25, 0.3) is 0 Å². The second kappa shape index (κ2) is 9.50. The summed E-state index contributed by atoms with van der Waals surface area (Å²) >= 11 is 0. The van der Waals surface area contributed by atoms with Gasteiger partial charge in [-0.15, -0.1) is 0 Å². The Morgan fingerprint density at radius 3 is 1.27 bits per heavy atom. The van der Waals surface area contributed by atoms with Crippen molar-refractivity contribution in [3.8, 4) is 33.4 Å². The lowest BCUT2D eigenvalue weighted by molar-refractivity contribution is 1.70. The summed E-state index contributed by atoms with van der Waals surface area (Å²) in [5.41, 5.74) is 8.03. The zero-order valence-corrected chi connectivity index (χ0v) is 30.2. The Morgan fingerprint density at radius 2 is 0.607 bits per heavy atom. The number of hydrogen-bond acceptors (Lipinski definition) is 0. The van der Waals surface area contributed by atoms with Gasteiger partial charge in [0, 0.05) is 0 Å². The molecule has 0 heterocycles. The molecule has 0 saturated heterocycles. The van der Waals surface area contributed by atoms with Crippen LogP contribution in [0.3, 0.4) is 0 Å². The Morgan fingerprint density at radius 1 is 0.196 bits per heavy atom. The fourth-order valence-electron chi connectivity index (χ4n) is 11.7. The Hall–Kier alpha value is -7.28. The van der Waals surface area contributed by atoms with Crippen LogP contribution < -0.4 is 0 Å². The fourth-order valence-corrected chi connectivity index (χ4v) is 11.7. The minimum absolute atomic E-state index is 1.27. The van der Waals surface area contributed by atoms with Gasteiger partial charge in [-0.05, 0) is 170 Å². The second-order valence-corrected chi connectivity index (χ2v) is 16.2. The molecule has 0 aromatic heterocycles. The zero-order chi connectivity index (χ0) is 36.0. The van der Waals surface area contributed by atoms with E-state index in [1.807, 2.05) is 0 Å². The minimum Gasteiger partial charge on any atom is -0.0622 e. The predicted octanol–water partition coefficient (Wildman–Crippen LogP) is 16.0. The van der Waals surface area contributed by atoms with E-state index in [0.29, 0.717) is 0 Å². The molecule has 0 amide bonds. The van der Waals surface area contributed by atoms with Gasteiger partial charge in [0.15, 0.2) is 0 Å². The summed E-state index contributed by atoms with van der Waals surface area (Å²) in [5, 5.41) is 29.8. The van der Waals surface area contributed by atoms with Gasteiger partial charge in [-0.25, -0.2) is 0 Å². The molecular weight excluding hydrogens is 673 g/mol. The number of fused-ring (bicyclic) bond motifs is 15. The van der Waals surface area contributed by atoms with Crippen LogP contribution in [0.5, 0.6) is 0 Å². The molecule has 0 unspecified atom stereocenters. The van der Waals surface area contributed by atoms with Crippen LogP contribution in [0.1, 0.15) is 0 Å². The largest absolute Gasteiger partial charge is 0.0622 e. The summed E-state index contributed by atoms with van der Waals surface area (Å²) in [6.07, 6.45) is 0. The van der Waals surface area contributed by atoms with Crippen molar-refractivity contribution in [2.75, 3.05) is 0 Å². The highest BCUT2D eigenvalue weighted by atomic mass is 14.3. The molecule has 0 nitrogen and oxygen atoms in total. The third kappa shape index (κ3) is 3.09. The van der Waals surface area contributed by atoms with E-state index in [9.17, 15) is 0 Å². The monoisotopic (exact) mass is 700 g/mol. The molecule has 14 aromatic carbocycles. The average molecular weight is 701 g/mol. The first-order valence-electron chi connectivity index (χ1n) is 19.8. The summed E-state index contributed by atoms with van der Waals surface area (Å²) < 4.78 is 0. The molecule has 0 atom stereocenters. The van der Waals surface area contributed by atoms with Gasteiger partial charge < -0.3 is 0 Å². The van der Waals surface area contributed by atoms with Gasteiger partial charge in [0.05, 0.1) is 0 Å². The smallest absolute Gasteiger partial charge is 0.000696 e. The van der Waals surface area contributed by atoms with Gasteiger partial charge >= 0.3 is 0 Å². The van der Waals surface area contributed by atoms with Gasteiger partial charge in [-0.2, -0.15) is 0 Å². The summed E-state index contributed by atoms with van der Waals surface area (Å²) in [4.78, 5) is 0. The van der Waals surface area contributed by atoms with Crippen molar-refractivity contribution >= 4 is 118 Å². The van der Waals surface area contributed by atoms with E-state index in [1.54, 1.807) is 0 Å². The molecule has 252 valence electrons. The standard InChI is InChI=1S/C56H28/c1-2-10-29(11-3-1)47-46-28-32-14-6-7-15-33(32)48-34-16-8-9-17-35(34)53(56(46)48)55-43-25-23-39-37-19-21-41-45-27-31-13-5-4-12-30(31)26-44(45)40-20-18-36(49(37)51(40)41)38-22-24-42(54(47)55)52(43)50(38)39/h1-28H. The molecule has 15 rings (SSSR count). The van der Waals surface area contributed by atoms with Gasteiger partial charge in [-0.1, -0.05) is 152 Å². The van der Waals surface area contributed by atoms with E-state index >= 15 is 0 Å². The van der Waals surface area contributed by atoms with Crippen LogP contribution in [0.25, 0.3) is 152 Å². The topological polar surface area (TPSA) is 0 Å². The molecule has 0 spiro atoms. The molecule has 0 saturated carbocycles. The molecule has 0 fully saturated rings. The Balaban J connectivity index is 1.17. The lowest BCUT2D eigenvalue weighted by atomic mass is 9.87. The van der Waals surface area contributed by atoms with Crippen molar-refractivity contribution < 1.29 is 0 Å². The zero-order valence-electron chi connectivity index (χ0n) is 30.2. The molecule has 0 bridgehead atoms. The Labute approximate surface area is 320 Å². The number of benzene rings is 12. The van der Waals surface area contributed by atoms with Crippen LogP contribution in [0.2, 0.25) is 0 Å². The molecular formula is C56H28. The highest BCUT2D eigenvalue weighted by Crippen LogP contribution is 2.58. The van der Waals surface area contributed by atoms with Crippen LogP contribution in [0.15, 0.2) is 170 Å². The van der Waals surface area contributed by atoms with E-state index in [2.05, 4.69) is 170 Å². The first kappa shape index (κ1) is 28.2. The molecule has 0 radical (unpaired) electrons. The summed E-state index contributed by atoms with van der Waals surface area (Å²) in [7, 11) is 0. The summed E-state index contributed by atoms with van der Waals surface area (Å²) in [6.45, 7) is 0. The number of rotatable bonds is 1. The van der Waals surface area contributed by atoms with Gasteiger partial charge in [0.1, 0.15) is 0 Å². The van der Waals surface area contributed by atoms with Crippen LogP contribution >= 0.6 is 0 Å². The molecule has 0 aliphatic heterocycles. The third-order valence-electron chi connectivity index (χ3n) is 13.8. The molecule has 0 N–H and O–H groups in total. The average Bonchev–Trinajstić information content (AvgIpc) is 3.89. The van der Waals surface area contributed by atoms with E-state index < -0.39 is 0 Å². The molecule has 1 aliphatic carbocycles. The Kier molecular flexibility index (Phi) is 4.78. The lowest BCUT2D eigenvalue weighted by Crippen LogP contribution is -1.88. The molecule has 14 aromatic rings. The molecule has 56 heavy (non-hydrogen) atoms. The van der Waals surface area contributed by atoms with Crippen molar-refractivity contribution in [3.05, 3.63) is 170 Å². The van der Waals surface area contributed by atoms with E-state index in [-0.39, 0.29) is 0 Å². The van der Waals surface area contributed by atoms with E-state index in [1.165, 1.54) is 152 Å². The fraction of sp³-hybridized carbons (Fsp3) is 0. The Bertz CT molecular complexity index is 3980. The van der Waals surface area contributed by atoms with Crippen molar-refractivity contribution in [1.29, 1.82) is 0 Å². The van der Waals surface area contributed by atoms with Crippen molar-refractivity contribution in [1.82, 2.24) is 0 Å². The predicted molar refractivity (Wildman–Crippen MR) is 242 cm³/mol. The quantitative estimate of drug-likeness (QED) is 0.118. The lowest BCUT2D eigenvalue weighted by Gasteiger charge is -2.16. The third-order valence-corrected chi connectivity index (χ3v) is 13.8. The van der Waals surface area contributed by atoms with Crippen molar-refractivity contribution in [3.63, 3.8) is 0 Å². The maximum absolute atomic E-state index is 2.48. The van der Waals surface area contributed by atoms with E-state index in [4.69, 9.17) is 0 Å². The minimum atomic E-state index is 1.27. The van der Waals surface area contributed by atoms with Crippen LogP contribution in [-0.2, 0) is 0 Å². The summed E-state index contributed by atoms with van der Waals surface area (Å²) in [6, 6.07) is 64.8. The maximum Gasteiger partial charge on any atom is -0.000696 e. The van der Waals surface area contributed by atoms with Gasteiger partial charge in [0.2, 0.25) is 0 Å². The van der Waals surface area contributed by atoms with Crippen molar-refractivity contribution in [2.24, 2.45) is 0 Å². The summed E-state index contributed by atoms with van der Waals surface area (Å²) in [5.74, 6) is 0. The normalized spacial score (nSPS) is 13.0. The highest BCUT2D eigenvalue weighted by Gasteiger charge is 2.29. The molecule has 1 aliphatic rings. The molecule has 0 heteroatoms. The SMILES string of the molecule is c1ccc(-c2c3cc4ccccc4c4c5ccccc5c(c5c6ccc7c8ccc9c%10c(ccc(c%11ccc(c25)c6c%117)c%108)-c2cc5ccccc5cc2-9)c34)cc1. The van der Waals surface area contributed by atoms with Crippen LogP contribution in [-0.4, -0.2) is 0 Å². The first-order valence-corrected chi connectivity index (χ1v) is 19.8. The first-order chi connectivity index (χ1) is 27.8. The van der Waals surface area contributed by atoms with Crippen molar-refractivity contribution in [2.45, 2.75) is 0 Å². The maximum atomic E-state index is 2.48. The van der Waals surface area contributed by atoms with Crippen LogP contribution in [0, 0.1) is 0 Å². The van der Waals surface area contributed by atoms with E-state index in [0.717, 1.165) is 0 Å². The number of hydrogen-bond donors (Lipinski definition) is 0. The van der Waals surface area contributed by atoms with Gasteiger partial charge in [-0.3, -0.25) is 0 Å². The van der Waals surface area contributed by atoms with Crippen LogP contribution in [0.4, 0.5) is 0 Å². The highest BCUT2D eigenvalue weighted by molar-refractivity contribution is 6.52. The second-order valence-electron chi connectivity index (χ2n) is 16.2.